The number of hydrogen-bond acceptors (Lipinski definition) is 3. The molecule has 0 atom stereocenters. The van der Waals surface area contributed by atoms with Gasteiger partial charge in [-0.15, -0.1) is 0 Å². The highest BCUT2D eigenvalue weighted by molar-refractivity contribution is 6.30. The second kappa shape index (κ2) is 8.36. The summed E-state index contributed by atoms with van der Waals surface area (Å²) in [6.07, 6.45) is 0.196. The zero-order valence-corrected chi connectivity index (χ0v) is 14.4. The van der Waals surface area contributed by atoms with Gasteiger partial charge in [-0.3, -0.25) is 9.59 Å². The predicted molar refractivity (Wildman–Crippen MR) is 97.8 cm³/mol. The van der Waals surface area contributed by atoms with Crippen LogP contribution in [0.25, 0.3) is 0 Å². The molecule has 2 aromatic rings. The third-order valence-corrected chi connectivity index (χ3v) is 3.66. The zero-order valence-electron chi connectivity index (χ0n) is 13.7. The Labute approximate surface area is 146 Å². The van der Waals surface area contributed by atoms with Crippen molar-refractivity contribution in [3.63, 3.8) is 0 Å². The van der Waals surface area contributed by atoms with E-state index in [0.29, 0.717) is 10.6 Å². The first kappa shape index (κ1) is 17.8. The number of benzene rings is 2. The van der Waals surface area contributed by atoms with E-state index in [1.807, 2.05) is 43.3 Å². The number of nitrogens with zero attached hydrogens (tertiary/aromatic N) is 1. The van der Waals surface area contributed by atoms with Gasteiger partial charge >= 0.3 is 0 Å². The van der Waals surface area contributed by atoms with Gasteiger partial charge in [0.2, 0.25) is 5.91 Å². The van der Waals surface area contributed by atoms with E-state index in [2.05, 4.69) is 10.6 Å². The third kappa shape index (κ3) is 4.99. The summed E-state index contributed by atoms with van der Waals surface area (Å²) < 4.78 is 0. The lowest BCUT2D eigenvalue weighted by Gasteiger charge is -2.17. The Morgan fingerprint density at radius 2 is 1.71 bits per heavy atom. The maximum Gasteiger partial charge on any atom is 0.251 e. The number of nitrogens with one attached hydrogen (secondary N) is 2. The average molecular weight is 346 g/mol. The highest BCUT2D eigenvalue weighted by Crippen LogP contribution is 2.23. The van der Waals surface area contributed by atoms with Gasteiger partial charge in [-0.05, 0) is 36.4 Å². The molecular formula is C18H20ClN3O2. The van der Waals surface area contributed by atoms with E-state index in [1.54, 1.807) is 24.3 Å². The normalized spacial score (nSPS) is 10.1. The van der Waals surface area contributed by atoms with Crippen LogP contribution in [0.15, 0.2) is 48.5 Å². The summed E-state index contributed by atoms with van der Waals surface area (Å²) in [7, 11) is 3.83. The average Bonchev–Trinajstić information content (AvgIpc) is 2.55. The largest absolute Gasteiger partial charge is 0.376 e. The Hall–Kier alpha value is -2.53. The zero-order chi connectivity index (χ0) is 17.5. The quantitative estimate of drug-likeness (QED) is 0.845. The fourth-order valence-electron chi connectivity index (χ4n) is 2.17. The molecule has 0 unspecified atom stereocenters. The van der Waals surface area contributed by atoms with Gasteiger partial charge in [-0.25, -0.2) is 0 Å². The molecule has 2 rings (SSSR count). The number of para-hydroxylation sites is 2. The van der Waals surface area contributed by atoms with Crippen molar-refractivity contribution >= 4 is 34.8 Å². The minimum Gasteiger partial charge on any atom is -0.376 e. The van der Waals surface area contributed by atoms with Crippen molar-refractivity contribution in [2.45, 2.75) is 6.42 Å². The molecule has 0 saturated carbocycles. The van der Waals surface area contributed by atoms with E-state index in [-0.39, 0.29) is 24.8 Å². The SMILES string of the molecule is CN(C)c1ccccc1NC(=O)CCNC(=O)c1ccc(Cl)cc1. The van der Waals surface area contributed by atoms with Crippen molar-refractivity contribution in [2.75, 3.05) is 30.9 Å². The second-order valence-electron chi connectivity index (χ2n) is 5.47. The van der Waals surface area contributed by atoms with Crippen LogP contribution in [0, 0.1) is 0 Å². The Morgan fingerprint density at radius 1 is 1.04 bits per heavy atom. The molecule has 0 aliphatic heterocycles. The standard InChI is InChI=1S/C18H20ClN3O2/c1-22(2)16-6-4-3-5-15(16)21-17(23)11-12-20-18(24)13-7-9-14(19)10-8-13/h3-10H,11-12H2,1-2H3,(H,20,24)(H,21,23). The molecule has 0 bridgehead atoms. The van der Waals surface area contributed by atoms with Crippen molar-refractivity contribution in [1.82, 2.24) is 5.32 Å². The minimum absolute atomic E-state index is 0.152. The number of amides is 2. The summed E-state index contributed by atoms with van der Waals surface area (Å²) in [4.78, 5) is 25.9. The van der Waals surface area contributed by atoms with Gasteiger partial charge in [0.05, 0.1) is 11.4 Å². The molecule has 5 nitrogen and oxygen atoms in total. The lowest BCUT2D eigenvalue weighted by Crippen LogP contribution is -2.27. The summed E-state index contributed by atoms with van der Waals surface area (Å²) in [6.45, 7) is 0.261. The molecule has 0 saturated heterocycles. The number of carbonyl (C=O) groups is 2. The number of anilines is 2. The summed E-state index contributed by atoms with van der Waals surface area (Å²) in [5.74, 6) is -0.381. The molecule has 0 aliphatic carbocycles. The molecule has 0 spiro atoms. The van der Waals surface area contributed by atoms with Gasteiger partial charge in [-0.2, -0.15) is 0 Å². The third-order valence-electron chi connectivity index (χ3n) is 3.40. The summed E-state index contributed by atoms with van der Waals surface area (Å²) in [5, 5.41) is 6.16. The van der Waals surface area contributed by atoms with Gasteiger partial charge in [0, 0.05) is 37.6 Å². The van der Waals surface area contributed by atoms with E-state index in [4.69, 9.17) is 11.6 Å². The van der Waals surface area contributed by atoms with Crippen molar-refractivity contribution < 1.29 is 9.59 Å². The maximum absolute atomic E-state index is 12.1. The molecular weight excluding hydrogens is 326 g/mol. The van der Waals surface area contributed by atoms with Crippen LogP contribution in [0.4, 0.5) is 11.4 Å². The molecule has 2 N–H and O–H groups in total. The maximum atomic E-state index is 12.1. The number of halogens is 1. The van der Waals surface area contributed by atoms with Crippen LogP contribution >= 0.6 is 11.6 Å². The lowest BCUT2D eigenvalue weighted by atomic mass is 10.2. The number of rotatable bonds is 6. The first-order valence-electron chi connectivity index (χ1n) is 7.57. The van der Waals surface area contributed by atoms with E-state index in [1.165, 1.54) is 0 Å². The van der Waals surface area contributed by atoms with Crippen LogP contribution in [0.5, 0.6) is 0 Å². The first-order valence-corrected chi connectivity index (χ1v) is 7.95. The summed E-state index contributed by atoms with van der Waals surface area (Å²) in [6, 6.07) is 14.2. The number of hydrogen-bond donors (Lipinski definition) is 2. The van der Waals surface area contributed by atoms with Crippen LogP contribution in [-0.4, -0.2) is 32.5 Å². The molecule has 6 heteroatoms. The molecule has 2 aromatic carbocycles. The smallest absolute Gasteiger partial charge is 0.251 e. The van der Waals surface area contributed by atoms with E-state index >= 15 is 0 Å². The van der Waals surface area contributed by atoms with E-state index in [0.717, 1.165) is 11.4 Å². The van der Waals surface area contributed by atoms with Crippen molar-refractivity contribution in [1.29, 1.82) is 0 Å². The minimum atomic E-state index is -0.229. The number of carbonyl (C=O) groups excluding carboxylic acids is 2. The monoisotopic (exact) mass is 345 g/mol. The fraction of sp³-hybridized carbons (Fsp3) is 0.222. The van der Waals surface area contributed by atoms with Gasteiger partial charge < -0.3 is 15.5 Å². The molecule has 0 heterocycles. The van der Waals surface area contributed by atoms with Crippen LogP contribution in [0.3, 0.4) is 0 Å². The first-order chi connectivity index (χ1) is 11.5. The van der Waals surface area contributed by atoms with Crippen molar-refractivity contribution in [2.24, 2.45) is 0 Å². The molecule has 0 aromatic heterocycles. The molecule has 2 amide bonds. The Bertz CT molecular complexity index is 714. The van der Waals surface area contributed by atoms with Crippen molar-refractivity contribution in [3.05, 3.63) is 59.1 Å². The Balaban J connectivity index is 1.83. The van der Waals surface area contributed by atoms with Crippen LogP contribution in [0.2, 0.25) is 5.02 Å². The van der Waals surface area contributed by atoms with Crippen molar-refractivity contribution in [3.8, 4) is 0 Å². The summed E-state index contributed by atoms with van der Waals surface area (Å²) in [5.41, 5.74) is 2.19. The molecule has 24 heavy (non-hydrogen) atoms. The topological polar surface area (TPSA) is 61.4 Å². The molecule has 126 valence electrons. The Morgan fingerprint density at radius 3 is 2.38 bits per heavy atom. The Kier molecular flexibility index (Phi) is 6.21. The van der Waals surface area contributed by atoms with Crippen LogP contribution < -0.4 is 15.5 Å². The highest BCUT2D eigenvalue weighted by atomic mass is 35.5. The van der Waals surface area contributed by atoms with Gasteiger partial charge in [-0.1, -0.05) is 23.7 Å². The predicted octanol–water partition coefficient (Wildman–Crippen LogP) is 3.16. The van der Waals surface area contributed by atoms with E-state index in [9.17, 15) is 9.59 Å². The van der Waals surface area contributed by atoms with E-state index < -0.39 is 0 Å². The fourth-order valence-corrected chi connectivity index (χ4v) is 2.30. The van der Waals surface area contributed by atoms with Crippen LogP contribution in [-0.2, 0) is 4.79 Å². The van der Waals surface area contributed by atoms with Crippen LogP contribution in [0.1, 0.15) is 16.8 Å². The molecule has 0 aliphatic rings. The van der Waals surface area contributed by atoms with Gasteiger partial charge in [0.25, 0.3) is 5.91 Å². The second-order valence-corrected chi connectivity index (χ2v) is 5.91. The van der Waals surface area contributed by atoms with Gasteiger partial charge in [0.15, 0.2) is 0 Å². The highest BCUT2D eigenvalue weighted by Gasteiger charge is 2.09. The van der Waals surface area contributed by atoms with Gasteiger partial charge in [0.1, 0.15) is 0 Å². The molecule has 0 fully saturated rings. The summed E-state index contributed by atoms with van der Waals surface area (Å²) >= 11 is 5.79. The molecule has 0 radical (unpaired) electrons. The lowest BCUT2D eigenvalue weighted by molar-refractivity contribution is -0.116.